The van der Waals surface area contributed by atoms with E-state index in [0.717, 1.165) is 5.75 Å². The van der Waals surface area contributed by atoms with Crippen LogP contribution < -0.4 is 4.74 Å². The fourth-order valence-electron chi connectivity index (χ4n) is 2.38. The van der Waals surface area contributed by atoms with Crippen LogP contribution in [0.4, 0.5) is 0 Å². The van der Waals surface area contributed by atoms with Gasteiger partial charge in [0.1, 0.15) is 5.75 Å². The number of hydrogen-bond donors (Lipinski definition) is 0. The molecule has 1 aromatic carbocycles. The Morgan fingerprint density at radius 3 is 2.00 bits per heavy atom. The zero-order chi connectivity index (χ0) is 14.4. The first-order valence-corrected chi connectivity index (χ1v) is 7.46. The van der Waals surface area contributed by atoms with Crippen molar-refractivity contribution in [1.29, 1.82) is 0 Å². The van der Waals surface area contributed by atoms with E-state index in [2.05, 4.69) is 27.7 Å². The van der Waals surface area contributed by atoms with Crippen LogP contribution in [-0.4, -0.2) is 12.4 Å². The van der Waals surface area contributed by atoms with Crippen LogP contribution in [0, 0.1) is 17.8 Å². The highest BCUT2D eigenvalue weighted by Gasteiger charge is 2.38. The third-order valence-electron chi connectivity index (χ3n) is 4.17. The van der Waals surface area contributed by atoms with Gasteiger partial charge in [0.15, 0.2) is 0 Å². The fraction of sp³-hybridized carbons (Fsp3) is 0.647. The van der Waals surface area contributed by atoms with Crippen molar-refractivity contribution >= 4 is 0 Å². The molecule has 0 amide bonds. The predicted molar refractivity (Wildman–Crippen MR) is 80.2 cm³/mol. The summed E-state index contributed by atoms with van der Waals surface area (Å²) in [6.07, 6.45) is 0.133. The molecule has 2 nitrogen and oxygen atoms in total. The first kappa shape index (κ1) is 16.0. The van der Waals surface area contributed by atoms with Gasteiger partial charge in [0.05, 0.1) is 6.10 Å². The van der Waals surface area contributed by atoms with Gasteiger partial charge < -0.3 is 9.47 Å². The Balaban J connectivity index is 0.000000861. The molecule has 19 heavy (non-hydrogen) atoms. The summed E-state index contributed by atoms with van der Waals surface area (Å²) in [7, 11) is 0. The summed E-state index contributed by atoms with van der Waals surface area (Å²) in [4.78, 5) is 0. The summed E-state index contributed by atoms with van der Waals surface area (Å²) in [5.41, 5.74) is 0. The van der Waals surface area contributed by atoms with E-state index in [0.29, 0.717) is 17.8 Å². The molecule has 2 rings (SSSR count). The van der Waals surface area contributed by atoms with Gasteiger partial charge in [0.25, 0.3) is 0 Å². The lowest BCUT2D eigenvalue weighted by Gasteiger charge is -2.42. The van der Waals surface area contributed by atoms with Crippen molar-refractivity contribution in [3.05, 3.63) is 30.3 Å². The number of ether oxygens (including phenoxy) is 2. The van der Waals surface area contributed by atoms with E-state index in [9.17, 15) is 0 Å². The summed E-state index contributed by atoms with van der Waals surface area (Å²) in [5.74, 6) is 2.51. The van der Waals surface area contributed by atoms with Crippen molar-refractivity contribution in [3.63, 3.8) is 0 Å². The Morgan fingerprint density at radius 2 is 1.42 bits per heavy atom. The van der Waals surface area contributed by atoms with Crippen LogP contribution in [0.5, 0.6) is 5.75 Å². The molecule has 108 valence electrons. The minimum absolute atomic E-state index is 0.126. The molecule has 0 N–H and O–H groups in total. The van der Waals surface area contributed by atoms with Crippen LogP contribution in [0.1, 0.15) is 41.5 Å². The molecule has 2 heteroatoms. The molecule has 0 aromatic heterocycles. The van der Waals surface area contributed by atoms with E-state index in [-0.39, 0.29) is 12.4 Å². The van der Waals surface area contributed by atoms with Gasteiger partial charge in [0, 0.05) is 5.92 Å². The number of benzene rings is 1. The monoisotopic (exact) mass is 264 g/mol. The SMILES string of the molecule is CC.CC1OC(Oc2ccccc2)C(C)C(C)C1C. The maximum Gasteiger partial charge on any atom is 0.202 e. The number of hydrogen-bond acceptors (Lipinski definition) is 2. The highest BCUT2D eigenvalue weighted by atomic mass is 16.7. The van der Waals surface area contributed by atoms with Crippen LogP contribution >= 0.6 is 0 Å². The molecule has 0 aliphatic carbocycles. The van der Waals surface area contributed by atoms with Crippen LogP contribution in [0.2, 0.25) is 0 Å². The van der Waals surface area contributed by atoms with Crippen molar-refractivity contribution < 1.29 is 9.47 Å². The molecule has 5 atom stereocenters. The van der Waals surface area contributed by atoms with Crippen molar-refractivity contribution in [2.75, 3.05) is 0 Å². The first-order chi connectivity index (χ1) is 9.09. The van der Waals surface area contributed by atoms with Crippen LogP contribution in [0.25, 0.3) is 0 Å². The zero-order valence-corrected chi connectivity index (χ0v) is 13.1. The molecular formula is C17H28O2. The van der Waals surface area contributed by atoms with E-state index < -0.39 is 0 Å². The van der Waals surface area contributed by atoms with Crippen LogP contribution in [0.15, 0.2) is 30.3 Å². The van der Waals surface area contributed by atoms with E-state index in [4.69, 9.17) is 9.47 Å². The molecule has 0 bridgehead atoms. The molecule has 1 aliphatic rings. The van der Waals surface area contributed by atoms with Crippen molar-refractivity contribution in [2.24, 2.45) is 17.8 Å². The normalized spacial score (nSPS) is 34.1. The summed E-state index contributed by atoms with van der Waals surface area (Å²) in [6, 6.07) is 9.91. The fourth-order valence-corrected chi connectivity index (χ4v) is 2.38. The smallest absolute Gasteiger partial charge is 0.202 e. The van der Waals surface area contributed by atoms with Gasteiger partial charge >= 0.3 is 0 Å². The van der Waals surface area contributed by atoms with Gasteiger partial charge in [-0.05, 0) is 30.9 Å². The molecule has 0 saturated carbocycles. The summed E-state index contributed by atoms with van der Waals surface area (Å²) >= 11 is 0. The molecule has 1 aromatic rings. The Bertz CT molecular complexity index is 350. The molecule has 1 saturated heterocycles. The van der Waals surface area contributed by atoms with E-state index in [1.165, 1.54) is 0 Å². The Kier molecular flexibility index (Phi) is 6.36. The standard InChI is InChI=1S/C15H22O2.C2H6/c1-10-11(2)13(4)16-15(12(10)3)17-14-8-6-5-7-9-14;1-2/h5-13,15H,1-4H3;1-2H3. The van der Waals surface area contributed by atoms with Gasteiger partial charge in [0.2, 0.25) is 6.29 Å². The molecule has 5 unspecified atom stereocenters. The minimum Gasteiger partial charge on any atom is -0.465 e. The second-order valence-corrected chi connectivity index (χ2v) is 5.22. The summed E-state index contributed by atoms with van der Waals surface area (Å²) in [6.45, 7) is 12.9. The summed E-state index contributed by atoms with van der Waals surface area (Å²) < 4.78 is 11.9. The van der Waals surface area contributed by atoms with Crippen molar-refractivity contribution in [1.82, 2.24) is 0 Å². The Morgan fingerprint density at radius 1 is 0.842 bits per heavy atom. The average molecular weight is 264 g/mol. The average Bonchev–Trinajstić information content (AvgIpc) is 2.46. The van der Waals surface area contributed by atoms with E-state index in [1.807, 2.05) is 44.2 Å². The van der Waals surface area contributed by atoms with Crippen LogP contribution in [0.3, 0.4) is 0 Å². The van der Waals surface area contributed by atoms with Gasteiger partial charge in [-0.15, -0.1) is 0 Å². The molecule has 1 heterocycles. The highest BCUT2D eigenvalue weighted by Crippen LogP contribution is 2.35. The molecular weight excluding hydrogens is 236 g/mol. The van der Waals surface area contributed by atoms with Crippen molar-refractivity contribution in [2.45, 2.75) is 53.9 Å². The lowest BCUT2D eigenvalue weighted by molar-refractivity contribution is -0.205. The Labute approximate surface area is 118 Å². The van der Waals surface area contributed by atoms with Gasteiger partial charge in [-0.2, -0.15) is 0 Å². The van der Waals surface area contributed by atoms with E-state index in [1.54, 1.807) is 0 Å². The molecule has 0 spiro atoms. The third-order valence-corrected chi connectivity index (χ3v) is 4.17. The maximum absolute atomic E-state index is 5.96. The van der Waals surface area contributed by atoms with Gasteiger partial charge in [-0.25, -0.2) is 0 Å². The lowest BCUT2D eigenvalue weighted by Crippen LogP contribution is -2.46. The highest BCUT2D eigenvalue weighted by molar-refractivity contribution is 5.21. The zero-order valence-electron chi connectivity index (χ0n) is 13.1. The van der Waals surface area contributed by atoms with Gasteiger partial charge in [-0.3, -0.25) is 0 Å². The maximum atomic E-state index is 5.96. The minimum atomic E-state index is -0.126. The predicted octanol–water partition coefficient (Wildman–Crippen LogP) is 4.74. The van der Waals surface area contributed by atoms with Crippen molar-refractivity contribution in [3.8, 4) is 5.75 Å². The molecule has 0 radical (unpaired) electrons. The molecule has 1 aliphatic heterocycles. The lowest BCUT2D eigenvalue weighted by atomic mass is 9.79. The Hall–Kier alpha value is -1.02. The number of para-hydroxylation sites is 1. The molecule has 1 fully saturated rings. The first-order valence-electron chi connectivity index (χ1n) is 7.46. The second kappa shape index (κ2) is 7.54. The quantitative estimate of drug-likeness (QED) is 0.767. The second-order valence-electron chi connectivity index (χ2n) is 5.22. The van der Waals surface area contributed by atoms with Gasteiger partial charge in [-0.1, -0.05) is 52.8 Å². The third kappa shape index (κ3) is 3.97. The van der Waals surface area contributed by atoms with E-state index >= 15 is 0 Å². The largest absolute Gasteiger partial charge is 0.465 e. The summed E-state index contributed by atoms with van der Waals surface area (Å²) in [5, 5.41) is 0. The van der Waals surface area contributed by atoms with Crippen LogP contribution in [-0.2, 0) is 4.74 Å². The number of rotatable bonds is 2. The topological polar surface area (TPSA) is 18.5 Å².